The average Bonchev–Trinajstić information content (AvgIpc) is 2.17. The highest BCUT2D eigenvalue weighted by molar-refractivity contribution is 7.93. The van der Waals surface area contributed by atoms with Gasteiger partial charge in [0.25, 0.3) is 0 Å². The third kappa shape index (κ3) is 1.55. The standard InChI is InChI=1S/C11H15NO3S/c1-9-2-4-10(5-3-9)16(13,14)11(6-12)7-15-8-11/h2-5H,6-8,12H2,1H3. The van der Waals surface area contributed by atoms with Crippen molar-refractivity contribution in [3.05, 3.63) is 29.8 Å². The van der Waals surface area contributed by atoms with E-state index >= 15 is 0 Å². The van der Waals surface area contributed by atoms with Crippen LogP contribution >= 0.6 is 0 Å². The van der Waals surface area contributed by atoms with E-state index in [0.29, 0.717) is 4.90 Å². The summed E-state index contributed by atoms with van der Waals surface area (Å²) < 4.78 is 28.7. The van der Waals surface area contributed by atoms with Gasteiger partial charge in [-0.15, -0.1) is 0 Å². The Balaban J connectivity index is 2.42. The molecule has 2 N–H and O–H groups in total. The van der Waals surface area contributed by atoms with E-state index in [1.807, 2.05) is 6.92 Å². The van der Waals surface area contributed by atoms with Crippen LogP contribution in [-0.2, 0) is 14.6 Å². The molecule has 0 aliphatic carbocycles. The lowest BCUT2D eigenvalue weighted by Crippen LogP contribution is -2.60. The van der Waals surface area contributed by atoms with Gasteiger partial charge in [0, 0.05) is 6.54 Å². The molecule has 4 nitrogen and oxygen atoms in total. The van der Waals surface area contributed by atoms with Crippen molar-refractivity contribution in [2.45, 2.75) is 16.6 Å². The summed E-state index contributed by atoms with van der Waals surface area (Å²) in [4.78, 5) is 0.326. The van der Waals surface area contributed by atoms with Crippen LogP contribution < -0.4 is 5.73 Å². The lowest BCUT2D eigenvalue weighted by molar-refractivity contribution is -0.00924. The second-order valence-electron chi connectivity index (χ2n) is 4.20. The first-order valence-corrected chi connectivity index (χ1v) is 6.59. The Kier molecular flexibility index (Phi) is 2.77. The van der Waals surface area contributed by atoms with Crippen molar-refractivity contribution in [2.24, 2.45) is 5.73 Å². The first kappa shape index (κ1) is 11.6. The van der Waals surface area contributed by atoms with Gasteiger partial charge < -0.3 is 10.5 Å². The molecular weight excluding hydrogens is 226 g/mol. The Morgan fingerprint density at radius 2 is 1.88 bits per heavy atom. The van der Waals surface area contributed by atoms with E-state index in [2.05, 4.69) is 0 Å². The molecule has 88 valence electrons. The van der Waals surface area contributed by atoms with Gasteiger partial charge in [-0.2, -0.15) is 0 Å². The highest BCUT2D eigenvalue weighted by atomic mass is 32.2. The Bertz CT molecular complexity index is 469. The molecule has 1 aromatic rings. The highest BCUT2D eigenvalue weighted by Gasteiger charge is 2.50. The number of rotatable bonds is 3. The van der Waals surface area contributed by atoms with Crippen LogP contribution in [0.25, 0.3) is 0 Å². The van der Waals surface area contributed by atoms with Gasteiger partial charge >= 0.3 is 0 Å². The monoisotopic (exact) mass is 241 g/mol. The van der Waals surface area contributed by atoms with Crippen molar-refractivity contribution in [1.29, 1.82) is 0 Å². The van der Waals surface area contributed by atoms with Gasteiger partial charge in [0.2, 0.25) is 0 Å². The molecule has 0 atom stereocenters. The number of aryl methyl sites for hydroxylation is 1. The quantitative estimate of drug-likeness (QED) is 0.836. The Labute approximate surface area is 95.3 Å². The third-order valence-electron chi connectivity index (χ3n) is 3.00. The molecular formula is C11H15NO3S. The smallest absolute Gasteiger partial charge is 0.189 e. The SMILES string of the molecule is Cc1ccc(S(=O)(=O)C2(CN)COC2)cc1. The van der Waals surface area contributed by atoms with Crippen molar-refractivity contribution >= 4 is 9.84 Å². The fraction of sp³-hybridized carbons (Fsp3) is 0.455. The van der Waals surface area contributed by atoms with Crippen LogP contribution in [0.3, 0.4) is 0 Å². The summed E-state index contributed by atoms with van der Waals surface area (Å²) in [6.45, 7) is 2.41. The minimum absolute atomic E-state index is 0.100. The van der Waals surface area contributed by atoms with Gasteiger partial charge in [0.1, 0.15) is 4.75 Å². The summed E-state index contributed by atoms with van der Waals surface area (Å²) in [5.74, 6) is 0. The van der Waals surface area contributed by atoms with Crippen LogP contribution in [0.15, 0.2) is 29.2 Å². The van der Waals surface area contributed by atoms with Crippen LogP contribution in [0.5, 0.6) is 0 Å². The maximum absolute atomic E-state index is 12.3. The highest BCUT2D eigenvalue weighted by Crippen LogP contribution is 2.31. The molecule has 1 heterocycles. The number of sulfone groups is 1. The maximum Gasteiger partial charge on any atom is 0.189 e. The fourth-order valence-electron chi connectivity index (χ4n) is 1.68. The molecule has 0 spiro atoms. The van der Waals surface area contributed by atoms with Crippen LogP contribution in [0, 0.1) is 6.92 Å². The van der Waals surface area contributed by atoms with E-state index in [1.165, 1.54) is 0 Å². The summed E-state index contributed by atoms with van der Waals surface area (Å²) >= 11 is 0. The van der Waals surface area contributed by atoms with Gasteiger partial charge in [-0.3, -0.25) is 0 Å². The molecule has 0 bridgehead atoms. The molecule has 0 unspecified atom stereocenters. The summed E-state index contributed by atoms with van der Waals surface area (Å²) in [6, 6.07) is 6.83. The molecule has 0 aromatic heterocycles. The summed E-state index contributed by atoms with van der Waals surface area (Å²) in [6.07, 6.45) is 0. The van der Waals surface area contributed by atoms with Crippen molar-refractivity contribution in [3.63, 3.8) is 0 Å². The number of benzene rings is 1. The van der Waals surface area contributed by atoms with Crippen LogP contribution in [0.2, 0.25) is 0 Å². The lowest BCUT2D eigenvalue weighted by atomic mass is 10.1. The number of nitrogens with two attached hydrogens (primary N) is 1. The summed E-state index contributed by atoms with van der Waals surface area (Å²) in [7, 11) is -3.38. The number of ether oxygens (including phenoxy) is 1. The zero-order valence-corrected chi connectivity index (χ0v) is 9.96. The lowest BCUT2D eigenvalue weighted by Gasteiger charge is -2.39. The van der Waals surface area contributed by atoms with E-state index in [4.69, 9.17) is 10.5 Å². The molecule has 2 rings (SSSR count). The minimum Gasteiger partial charge on any atom is -0.378 e. The van der Waals surface area contributed by atoms with E-state index in [0.717, 1.165) is 5.56 Å². The Hall–Kier alpha value is -0.910. The second-order valence-corrected chi connectivity index (χ2v) is 6.54. The molecule has 5 heteroatoms. The summed E-state index contributed by atoms with van der Waals surface area (Å²) in [5, 5.41) is 0. The van der Waals surface area contributed by atoms with Gasteiger partial charge in [-0.25, -0.2) is 8.42 Å². The van der Waals surface area contributed by atoms with Crippen LogP contribution in [0.1, 0.15) is 5.56 Å². The maximum atomic E-state index is 12.3. The van der Waals surface area contributed by atoms with Crippen molar-refractivity contribution in [2.75, 3.05) is 19.8 Å². The minimum atomic E-state index is -3.38. The molecule has 0 saturated carbocycles. The predicted octanol–water partition coefficient (Wildman–Crippen LogP) is 0.496. The first-order chi connectivity index (χ1) is 7.52. The van der Waals surface area contributed by atoms with Crippen molar-refractivity contribution < 1.29 is 13.2 Å². The molecule has 0 radical (unpaired) electrons. The third-order valence-corrected chi connectivity index (χ3v) is 5.44. The van der Waals surface area contributed by atoms with Gasteiger partial charge in [0.15, 0.2) is 9.84 Å². The first-order valence-electron chi connectivity index (χ1n) is 5.11. The fourth-order valence-corrected chi connectivity index (χ4v) is 3.37. The molecule has 1 aliphatic rings. The topological polar surface area (TPSA) is 69.4 Å². The zero-order valence-electron chi connectivity index (χ0n) is 9.14. The van der Waals surface area contributed by atoms with Gasteiger partial charge in [-0.1, -0.05) is 17.7 Å². The van der Waals surface area contributed by atoms with E-state index in [1.54, 1.807) is 24.3 Å². The van der Waals surface area contributed by atoms with Crippen LogP contribution in [-0.4, -0.2) is 32.9 Å². The average molecular weight is 241 g/mol. The zero-order chi connectivity index (χ0) is 11.8. The Morgan fingerprint density at radius 3 is 2.25 bits per heavy atom. The number of hydrogen-bond donors (Lipinski definition) is 1. The normalized spacial score (nSPS) is 19.1. The second kappa shape index (κ2) is 3.84. The largest absolute Gasteiger partial charge is 0.378 e. The molecule has 1 fully saturated rings. The Morgan fingerprint density at radius 1 is 1.31 bits per heavy atom. The van der Waals surface area contributed by atoms with Crippen LogP contribution in [0.4, 0.5) is 0 Å². The van der Waals surface area contributed by atoms with Gasteiger partial charge in [-0.05, 0) is 19.1 Å². The molecule has 1 aliphatic heterocycles. The van der Waals surface area contributed by atoms with Crippen molar-refractivity contribution in [3.8, 4) is 0 Å². The van der Waals surface area contributed by atoms with E-state index in [-0.39, 0.29) is 19.8 Å². The summed E-state index contributed by atoms with van der Waals surface area (Å²) in [5.41, 5.74) is 6.60. The van der Waals surface area contributed by atoms with E-state index < -0.39 is 14.6 Å². The number of hydrogen-bond acceptors (Lipinski definition) is 4. The predicted molar refractivity (Wildman–Crippen MR) is 61.0 cm³/mol. The molecule has 16 heavy (non-hydrogen) atoms. The van der Waals surface area contributed by atoms with Crippen molar-refractivity contribution in [1.82, 2.24) is 0 Å². The van der Waals surface area contributed by atoms with E-state index in [9.17, 15) is 8.42 Å². The van der Waals surface area contributed by atoms with Gasteiger partial charge in [0.05, 0.1) is 18.1 Å². The molecule has 0 amide bonds. The molecule has 1 aromatic carbocycles. The molecule has 1 saturated heterocycles.